The van der Waals surface area contributed by atoms with Gasteiger partial charge in [0.1, 0.15) is 5.82 Å². The Morgan fingerprint density at radius 1 is 1.43 bits per heavy atom. The van der Waals surface area contributed by atoms with E-state index >= 15 is 0 Å². The second-order valence-electron chi connectivity index (χ2n) is 4.46. The molecule has 3 N–H and O–H groups in total. The van der Waals surface area contributed by atoms with Gasteiger partial charge in [-0.2, -0.15) is 8.42 Å². The summed E-state index contributed by atoms with van der Waals surface area (Å²) in [5, 5.41) is 9.05. The maximum Gasteiger partial charge on any atom is 0.337 e. The van der Waals surface area contributed by atoms with Gasteiger partial charge < -0.3 is 10.1 Å². The molecule has 21 heavy (non-hydrogen) atoms. The molecule has 0 aliphatic carbocycles. The van der Waals surface area contributed by atoms with Gasteiger partial charge in [0, 0.05) is 6.42 Å². The van der Waals surface area contributed by atoms with Crippen molar-refractivity contribution in [1.29, 1.82) is 0 Å². The van der Waals surface area contributed by atoms with Crippen LogP contribution in [0.5, 0.6) is 0 Å². The third kappa shape index (κ3) is 3.05. The monoisotopic (exact) mass is 309 g/mol. The number of sulfonamides is 1. The zero-order valence-corrected chi connectivity index (χ0v) is 12.4. The highest BCUT2D eigenvalue weighted by molar-refractivity contribution is 7.92. The smallest absolute Gasteiger partial charge is 0.337 e. The summed E-state index contributed by atoms with van der Waals surface area (Å²) >= 11 is 0. The van der Waals surface area contributed by atoms with Crippen LogP contribution in [0, 0.1) is 6.92 Å². The molecule has 0 saturated heterocycles. The van der Waals surface area contributed by atoms with Gasteiger partial charge in [0.15, 0.2) is 5.03 Å². The van der Waals surface area contributed by atoms with Crippen LogP contribution >= 0.6 is 0 Å². The summed E-state index contributed by atoms with van der Waals surface area (Å²) in [7, 11) is -3.91. The van der Waals surface area contributed by atoms with Crippen molar-refractivity contribution in [3.8, 4) is 0 Å². The number of aromatic amines is 1. The average Bonchev–Trinajstić information content (AvgIpc) is 2.90. The molecule has 0 aliphatic heterocycles. The molecular weight excluding hydrogens is 294 g/mol. The fraction of sp³-hybridized carbons (Fsp3) is 0.231. The first-order chi connectivity index (χ1) is 9.85. The van der Waals surface area contributed by atoms with Crippen LogP contribution in [0.3, 0.4) is 0 Å². The van der Waals surface area contributed by atoms with Crippen molar-refractivity contribution >= 4 is 21.7 Å². The molecule has 0 amide bonds. The first kappa shape index (κ1) is 15.0. The normalized spacial score (nSPS) is 11.3. The minimum Gasteiger partial charge on any atom is -0.478 e. The summed E-state index contributed by atoms with van der Waals surface area (Å²) in [5.74, 6) is -0.658. The largest absolute Gasteiger partial charge is 0.478 e. The van der Waals surface area contributed by atoms with Gasteiger partial charge in [-0.1, -0.05) is 19.1 Å². The molecule has 7 nitrogen and oxygen atoms in total. The molecule has 8 heteroatoms. The molecule has 112 valence electrons. The Kier molecular flexibility index (Phi) is 3.99. The van der Waals surface area contributed by atoms with E-state index in [9.17, 15) is 13.2 Å². The maximum atomic E-state index is 12.3. The summed E-state index contributed by atoms with van der Waals surface area (Å²) in [4.78, 5) is 17.8. The van der Waals surface area contributed by atoms with Crippen molar-refractivity contribution in [1.82, 2.24) is 9.97 Å². The number of H-pyrrole nitrogens is 1. The van der Waals surface area contributed by atoms with Crippen LogP contribution in [0.2, 0.25) is 0 Å². The molecule has 0 aliphatic rings. The minimum atomic E-state index is -3.91. The molecule has 1 heterocycles. The van der Waals surface area contributed by atoms with E-state index in [0.717, 1.165) is 0 Å². The number of aromatic nitrogens is 2. The number of carbonyl (C=O) groups is 1. The van der Waals surface area contributed by atoms with E-state index in [1.165, 1.54) is 12.3 Å². The second kappa shape index (κ2) is 5.57. The van der Waals surface area contributed by atoms with Gasteiger partial charge in [0.2, 0.25) is 0 Å². The molecule has 0 saturated carbocycles. The molecule has 2 rings (SSSR count). The van der Waals surface area contributed by atoms with Crippen molar-refractivity contribution < 1.29 is 18.3 Å². The number of anilines is 1. The van der Waals surface area contributed by atoms with Crippen LogP contribution in [0.25, 0.3) is 0 Å². The van der Waals surface area contributed by atoms with Gasteiger partial charge in [-0.25, -0.2) is 9.78 Å². The van der Waals surface area contributed by atoms with Crippen molar-refractivity contribution in [2.75, 3.05) is 4.72 Å². The summed E-state index contributed by atoms with van der Waals surface area (Å²) in [6, 6.07) is 4.54. The molecular formula is C13H15N3O4S. The third-order valence-electron chi connectivity index (χ3n) is 2.97. The minimum absolute atomic E-state index is 0.0534. The lowest BCUT2D eigenvalue weighted by atomic mass is 10.1. The van der Waals surface area contributed by atoms with Crippen LogP contribution in [0.4, 0.5) is 5.69 Å². The maximum absolute atomic E-state index is 12.3. The highest BCUT2D eigenvalue weighted by atomic mass is 32.2. The Morgan fingerprint density at radius 2 is 2.14 bits per heavy atom. The number of carboxylic acid groups (broad SMARTS) is 1. The van der Waals surface area contributed by atoms with Crippen LogP contribution in [0.1, 0.15) is 28.7 Å². The van der Waals surface area contributed by atoms with Crippen molar-refractivity contribution in [3.05, 3.63) is 41.3 Å². The number of carboxylic acids is 1. The standard InChI is InChI=1S/C13H15N3O4S/c1-3-10-14-7-11(15-10)21(19,20)16-12-8(2)5-4-6-9(12)13(17)18/h4-7,16H,3H2,1-2H3,(H,14,15)(H,17,18). The fourth-order valence-corrected chi connectivity index (χ4v) is 2.92. The SMILES string of the molecule is CCc1ncc(S(=O)(=O)Nc2c(C)cccc2C(=O)O)[nH]1. The van der Waals surface area contributed by atoms with Crippen LogP contribution < -0.4 is 4.72 Å². The van der Waals surface area contributed by atoms with Crippen molar-refractivity contribution in [3.63, 3.8) is 0 Å². The molecule has 0 fully saturated rings. The van der Waals surface area contributed by atoms with Gasteiger partial charge in [-0.05, 0) is 18.6 Å². The van der Waals surface area contributed by atoms with Gasteiger partial charge >= 0.3 is 5.97 Å². The molecule has 0 unspecified atom stereocenters. The molecule has 0 atom stereocenters. The number of hydrogen-bond donors (Lipinski definition) is 3. The molecule has 0 spiro atoms. The quantitative estimate of drug-likeness (QED) is 0.779. The van der Waals surface area contributed by atoms with E-state index in [4.69, 9.17) is 5.11 Å². The van der Waals surface area contributed by atoms with Gasteiger partial charge in [-0.15, -0.1) is 0 Å². The van der Waals surface area contributed by atoms with Crippen molar-refractivity contribution in [2.45, 2.75) is 25.3 Å². The van der Waals surface area contributed by atoms with Gasteiger partial charge in [0.25, 0.3) is 10.0 Å². The number of rotatable bonds is 5. The zero-order valence-electron chi connectivity index (χ0n) is 11.5. The molecule has 0 radical (unpaired) electrons. The molecule has 1 aromatic heterocycles. The number of nitrogens with one attached hydrogen (secondary N) is 2. The third-order valence-corrected chi connectivity index (χ3v) is 4.23. The summed E-state index contributed by atoms with van der Waals surface area (Å²) in [5.41, 5.74) is 0.472. The number of hydrogen-bond acceptors (Lipinski definition) is 4. The summed E-state index contributed by atoms with van der Waals surface area (Å²) in [6.07, 6.45) is 1.78. The molecule has 1 aromatic carbocycles. The van der Waals surface area contributed by atoms with E-state index in [0.29, 0.717) is 17.8 Å². The van der Waals surface area contributed by atoms with Crippen LogP contribution in [-0.4, -0.2) is 29.5 Å². The Labute approximate surface area is 122 Å². The average molecular weight is 309 g/mol. The number of nitrogens with zero attached hydrogens (tertiary/aromatic N) is 1. The van der Waals surface area contributed by atoms with Gasteiger partial charge in [0.05, 0.1) is 17.4 Å². The highest BCUT2D eigenvalue weighted by Gasteiger charge is 2.21. The summed E-state index contributed by atoms with van der Waals surface area (Å²) < 4.78 is 26.9. The topological polar surface area (TPSA) is 112 Å². The number of para-hydroxylation sites is 1. The Bertz CT molecular complexity index is 780. The summed E-state index contributed by atoms with van der Waals surface area (Å²) in [6.45, 7) is 3.47. The molecule has 2 aromatic rings. The zero-order chi connectivity index (χ0) is 15.6. The first-order valence-electron chi connectivity index (χ1n) is 6.24. The lowest BCUT2D eigenvalue weighted by molar-refractivity contribution is 0.0698. The number of imidazole rings is 1. The van der Waals surface area contributed by atoms with Gasteiger partial charge in [-0.3, -0.25) is 4.72 Å². The molecule has 0 bridgehead atoms. The predicted octanol–water partition coefficient (Wildman–Crippen LogP) is 1.78. The lowest BCUT2D eigenvalue weighted by Crippen LogP contribution is -2.17. The fourth-order valence-electron chi connectivity index (χ4n) is 1.83. The Hall–Kier alpha value is -2.35. The van der Waals surface area contributed by atoms with Crippen molar-refractivity contribution in [2.24, 2.45) is 0 Å². The number of aromatic carboxylic acids is 1. The Balaban J connectivity index is 2.44. The predicted molar refractivity (Wildman–Crippen MR) is 76.9 cm³/mol. The van der Waals surface area contributed by atoms with E-state index < -0.39 is 16.0 Å². The van der Waals surface area contributed by atoms with Crippen LogP contribution in [0.15, 0.2) is 29.4 Å². The highest BCUT2D eigenvalue weighted by Crippen LogP contribution is 2.23. The lowest BCUT2D eigenvalue weighted by Gasteiger charge is -2.12. The Morgan fingerprint density at radius 3 is 2.71 bits per heavy atom. The van der Waals surface area contributed by atoms with E-state index in [1.54, 1.807) is 19.1 Å². The first-order valence-corrected chi connectivity index (χ1v) is 7.73. The van der Waals surface area contributed by atoms with E-state index in [1.807, 2.05) is 6.92 Å². The second-order valence-corrected chi connectivity index (χ2v) is 6.11. The number of aryl methyl sites for hydroxylation is 2. The van der Waals surface area contributed by atoms with E-state index in [-0.39, 0.29) is 16.3 Å². The number of benzene rings is 1. The van der Waals surface area contributed by atoms with E-state index in [2.05, 4.69) is 14.7 Å². The van der Waals surface area contributed by atoms with Crippen LogP contribution in [-0.2, 0) is 16.4 Å².